The normalized spacial score (nSPS) is 16.6. The van der Waals surface area contributed by atoms with E-state index in [2.05, 4.69) is 5.10 Å². The maximum absolute atomic E-state index is 12.6. The molecule has 2 heterocycles. The first-order valence-corrected chi connectivity index (χ1v) is 8.23. The zero-order valence-electron chi connectivity index (χ0n) is 13.9. The van der Waals surface area contributed by atoms with Crippen LogP contribution in [-0.2, 0) is 0 Å². The summed E-state index contributed by atoms with van der Waals surface area (Å²) in [6.45, 7) is 2.97. The van der Waals surface area contributed by atoms with Gasteiger partial charge >= 0.3 is 0 Å². The minimum atomic E-state index is -0.467. The van der Waals surface area contributed by atoms with Crippen LogP contribution in [0.25, 0.3) is 5.69 Å². The first-order chi connectivity index (χ1) is 12.0. The Morgan fingerprint density at radius 1 is 1.36 bits per heavy atom. The summed E-state index contributed by atoms with van der Waals surface area (Å²) in [4.78, 5) is 24.7. The molecular weight excluding hydrogens is 324 g/mol. The zero-order valence-corrected chi connectivity index (χ0v) is 13.9. The molecular formula is C17H20N4O4. The van der Waals surface area contributed by atoms with Crippen LogP contribution in [-0.4, -0.2) is 49.8 Å². The van der Waals surface area contributed by atoms with Gasteiger partial charge < -0.3 is 10.0 Å². The highest BCUT2D eigenvalue weighted by molar-refractivity contribution is 5.92. The molecule has 3 rings (SSSR count). The highest BCUT2D eigenvalue weighted by Crippen LogP contribution is 2.22. The number of carbonyl (C=O) groups is 1. The predicted octanol–water partition coefficient (Wildman–Crippen LogP) is 2.01. The van der Waals surface area contributed by atoms with E-state index in [1.807, 2.05) is 0 Å². The van der Waals surface area contributed by atoms with Crippen molar-refractivity contribution in [2.45, 2.75) is 25.9 Å². The molecule has 2 aromatic rings. The summed E-state index contributed by atoms with van der Waals surface area (Å²) >= 11 is 0. The number of piperidine rings is 1. The number of benzene rings is 1. The molecule has 1 aromatic carbocycles. The summed E-state index contributed by atoms with van der Waals surface area (Å²) in [5, 5.41) is 24.8. The Bertz CT molecular complexity index is 778. The number of nitrogens with zero attached hydrogens (tertiary/aromatic N) is 4. The lowest BCUT2D eigenvalue weighted by atomic mass is 9.92. The summed E-state index contributed by atoms with van der Waals surface area (Å²) in [6.07, 6.45) is 2.81. The van der Waals surface area contributed by atoms with Gasteiger partial charge in [-0.1, -0.05) is 6.07 Å². The van der Waals surface area contributed by atoms with Crippen molar-refractivity contribution in [3.63, 3.8) is 0 Å². The van der Waals surface area contributed by atoms with Crippen molar-refractivity contribution in [2.75, 3.05) is 13.1 Å². The summed E-state index contributed by atoms with van der Waals surface area (Å²) in [6, 6.07) is 7.71. The predicted molar refractivity (Wildman–Crippen MR) is 90.5 cm³/mol. The first-order valence-electron chi connectivity index (χ1n) is 8.23. The molecule has 1 fully saturated rings. The Labute approximate surface area is 144 Å². The van der Waals surface area contributed by atoms with E-state index in [-0.39, 0.29) is 23.6 Å². The van der Waals surface area contributed by atoms with Gasteiger partial charge in [0.15, 0.2) is 5.69 Å². The third-order valence-electron chi connectivity index (χ3n) is 4.62. The number of rotatable bonds is 4. The van der Waals surface area contributed by atoms with Crippen LogP contribution in [0.5, 0.6) is 0 Å². The van der Waals surface area contributed by atoms with E-state index in [1.165, 1.54) is 16.8 Å². The van der Waals surface area contributed by atoms with Crippen LogP contribution in [0.15, 0.2) is 36.5 Å². The van der Waals surface area contributed by atoms with Gasteiger partial charge in [-0.3, -0.25) is 14.9 Å². The molecule has 132 valence electrons. The van der Waals surface area contributed by atoms with Crippen LogP contribution in [0.2, 0.25) is 0 Å². The molecule has 1 aliphatic rings. The third kappa shape index (κ3) is 3.69. The Balaban J connectivity index is 1.72. The number of aromatic nitrogens is 2. The number of aliphatic hydroxyl groups excluding tert-OH is 1. The number of likely N-dealkylation sites (tertiary alicyclic amines) is 1. The van der Waals surface area contributed by atoms with Crippen molar-refractivity contribution in [1.29, 1.82) is 0 Å². The van der Waals surface area contributed by atoms with Crippen molar-refractivity contribution in [3.05, 3.63) is 52.3 Å². The Kier molecular flexibility index (Phi) is 4.80. The number of carbonyl (C=O) groups excluding carboxylic acids is 1. The lowest BCUT2D eigenvalue weighted by molar-refractivity contribution is -0.384. The van der Waals surface area contributed by atoms with E-state index in [0.717, 1.165) is 12.8 Å². The molecule has 0 spiro atoms. The van der Waals surface area contributed by atoms with E-state index in [4.69, 9.17) is 0 Å². The van der Waals surface area contributed by atoms with Gasteiger partial charge in [0.2, 0.25) is 0 Å². The van der Waals surface area contributed by atoms with Gasteiger partial charge in [0.1, 0.15) is 0 Å². The summed E-state index contributed by atoms with van der Waals surface area (Å²) in [5.41, 5.74) is 0.809. The number of non-ortho nitro benzene ring substituents is 1. The zero-order chi connectivity index (χ0) is 18.0. The van der Waals surface area contributed by atoms with Gasteiger partial charge in [0.25, 0.3) is 11.6 Å². The molecule has 1 aliphatic heterocycles. The molecule has 1 atom stereocenters. The number of amides is 1. The van der Waals surface area contributed by atoms with E-state index in [0.29, 0.717) is 24.5 Å². The SMILES string of the molecule is CC(O)C1CCN(C(=O)c2ccn(-c3cccc([N+](=O)[O-])c3)n2)CC1. The second-order valence-corrected chi connectivity index (χ2v) is 6.29. The first kappa shape index (κ1) is 17.1. The fourth-order valence-corrected chi connectivity index (χ4v) is 3.08. The molecule has 0 bridgehead atoms. The van der Waals surface area contributed by atoms with Crippen molar-refractivity contribution >= 4 is 11.6 Å². The van der Waals surface area contributed by atoms with Crippen molar-refractivity contribution in [2.24, 2.45) is 5.92 Å². The number of nitro benzene ring substituents is 1. The van der Waals surface area contributed by atoms with E-state index >= 15 is 0 Å². The Morgan fingerprint density at radius 2 is 2.08 bits per heavy atom. The summed E-state index contributed by atoms with van der Waals surface area (Å²) < 4.78 is 1.46. The highest BCUT2D eigenvalue weighted by Gasteiger charge is 2.27. The van der Waals surface area contributed by atoms with Crippen molar-refractivity contribution in [3.8, 4) is 5.69 Å². The lowest BCUT2D eigenvalue weighted by Crippen LogP contribution is -2.40. The topological polar surface area (TPSA) is 102 Å². The molecule has 0 saturated carbocycles. The summed E-state index contributed by atoms with van der Waals surface area (Å²) in [5.74, 6) is 0.0692. The van der Waals surface area contributed by atoms with Gasteiger partial charge in [-0.25, -0.2) is 4.68 Å². The monoisotopic (exact) mass is 344 g/mol. The second-order valence-electron chi connectivity index (χ2n) is 6.29. The van der Waals surface area contributed by atoms with Gasteiger partial charge in [0, 0.05) is 31.4 Å². The fraction of sp³-hybridized carbons (Fsp3) is 0.412. The van der Waals surface area contributed by atoms with Gasteiger partial charge in [-0.05, 0) is 37.8 Å². The van der Waals surface area contributed by atoms with Gasteiger partial charge in [-0.2, -0.15) is 5.10 Å². The van der Waals surface area contributed by atoms with Crippen LogP contribution in [0.3, 0.4) is 0 Å². The number of nitro groups is 1. The lowest BCUT2D eigenvalue weighted by Gasteiger charge is -2.32. The number of hydrogen-bond acceptors (Lipinski definition) is 5. The standard InChI is InChI=1S/C17H20N4O4/c1-12(22)13-5-8-19(9-6-13)17(23)16-7-10-20(18-16)14-3-2-4-15(11-14)21(24)25/h2-4,7,10-13,22H,5-6,8-9H2,1H3. The molecule has 8 heteroatoms. The van der Waals surface area contributed by atoms with Crippen LogP contribution in [0.4, 0.5) is 5.69 Å². The summed E-state index contributed by atoms with van der Waals surface area (Å²) in [7, 11) is 0. The number of aliphatic hydroxyl groups is 1. The molecule has 1 N–H and O–H groups in total. The number of hydrogen-bond donors (Lipinski definition) is 1. The quantitative estimate of drug-likeness (QED) is 0.675. The maximum Gasteiger partial charge on any atom is 0.274 e. The molecule has 1 amide bonds. The Morgan fingerprint density at radius 3 is 2.72 bits per heavy atom. The molecule has 1 saturated heterocycles. The second kappa shape index (κ2) is 7.02. The minimum absolute atomic E-state index is 0.0268. The van der Waals surface area contributed by atoms with Crippen LogP contribution < -0.4 is 0 Å². The van der Waals surface area contributed by atoms with Crippen molar-refractivity contribution < 1.29 is 14.8 Å². The third-order valence-corrected chi connectivity index (χ3v) is 4.62. The molecule has 0 radical (unpaired) electrons. The molecule has 0 aliphatic carbocycles. The van der Waals surface area contributed by atoms with Crippen molar-refractivity contribution in [1.82, 2.24) is 14.7 Å². The maximum atomic E-state index is 12.6. The minimum Gasteiger partial charge on any atom is -0.393 e. The average Bonchev–Trinajstić information content (AvgIpc) is 3.11. The molecule has 25 heavy (non-hydrogen) atoms. The molecule has 1 unspecified atom stereocenters. The largest absolute Gasteiger partial charge is 0.393 e. The van der Waals surface area contributed by atoms with E-state index in [9.17, 15) is 20.0 Å². The smallest absolute Gasteiger partial charge is 0.274 e. The van der Waals surface area contributed by atoms with E-state index < -0.39 is 4.92 Å². The van der Waals surface area contributed by atoms with Crippen LogP contribution in [0, 0.1) is 16.0 Å². The van der Waals surface area contributed by atoms with Gasteiger partial charge in [-0.15, -0.1) is 0 Å². The van der Waals surface area contributed by atoms with Crippen LogP contribution in [0.1, 0.15) is 30.3 Å². The Hall–Kier alpha value is -2.74. The van der Waals surface area contributed by atoms with Gasteiger partial charge in [0.05, 0.1) is 16.7 Å². The highest BCUT2D eigenvalue weighted by atomic mass is 16.6. The molecule has 1 aromatic heterocycles. The van der Waals surface area contributed by atoms with E-state index in [1.54, 1.807) is 36.2 Å². The average molecular weight is 344 g/mol. The van der Waals surface area contributed by atoms with Crippen LogP contribution >= 0.6 is 0 Å². The fourth-order valence-electron chi connectivity index (χ4n) is 3.08. The molecule has 8 nitrogen and oxygen atoms in total.